The molecule has 3 N–H and O–H groups in total. The van der Waals surface area contributed by atoms with E-state index in [0.717, 1.165) is 30.4 Å². The van der Waals surface area contributed by atoms with Crippen LogP contribution in [0.5, 0.6) is 0 Å². The highest BCUT2D eigenvalue weighted by Gasteiger charge is 2.44. The van der Waals surface area contributed by atoms with Crippen molar-refractivity contribution in [2.45, 2.75) is 77.2 Å². The summed E-state index contributed by atoms with van der Waals surface area (Å²) in [5, 5.41) is 15.4. The van der Waals surface area contributed by atoms with E-state index in [9.17, 15) is 19.5 Å². The van der Waals surface area contributed by atoms with E-state index in [1.54, 1.807) is 20.8 Å². The number of nitrogens with zero attached hydrogens (tertiary/aromatic N) is 1. The molecule has 194 valence electrons. The molecule has 3 amide bonds. The van der Waals surface area contributed by atoms with Crippen LogP contribution in [-0.4, -0.2) is 52.2 Å². The average molecular weight is 496 g/mol. The fourth-order valence-electron chi connectivity index (χ4n) is 3.94. The van der Waals surface area contributed by atoms with Gasteiger partial charge in [-0.15, -0.1) is 0 Å². The van der Waals surface area contributed by atoms with Gasteiger partial charge in [0.25, 0.3) is 0 Å². The Labute approximate surface area is 213 Å². The minimum Gasteiger partial charge on any atom is -0.444 e. The minimum absolute atomic E-state index is 0.162. The topological polar surface area (TPSA) is 108 Å². The van der Waals surface area contributed by atoms with Gasteiger partial charge >= 0.3 is 6.09 Å². The summed E-state index contributed by atoms with van der Waals surface area (Å²) in [6, 6.07) is 14.9. The van der Waals surface area contributed by atoms with Gasteiger partial charge in [0.1, 0.15) is 17.7 Å². The van der Waals surface area contributed by atoms with E-state index in [4.69, 9.17) is 4.74 Å². The molecule has 2 aromatic rings. The maximum Gasteiger partial charge on any atom is 0.408 e. The van der Waals surface area contributed by atoms with E-state index >= 15 is 0 Å². The molecule has 36 heavy (non-hydrogen) atoms. The number of rotatable bonds is 10. The summed E-state index contributed by atoms with van der Waals surface area (Å²) in [6.45, 7) is 6.89. The van der Waals surface area contributed by atoms with Gasteiger partial charge in [-0.3, -0.25) is 9.59 Å². The van der Waals surface area contributed by atoms with E-state index in [1.807, 2.05) is 61.5 Å². The van der Waals surface area contributed by atoms with Crippen LogP contribution in [0.1, 0.15) is 63.3 Å². The van der Waals surface area contributed by atoms with Crippen LogP contribution in [0.25, 0.3) is 0 Å². The third-order valence-corrected chi connectivity index (χ3v) is 5.91. The lowest BCUT2D eigenvalue weighted by Gasteiger charge is -2.34. The molecule has 2 unspecified atom stereocenters. The smallest absolute Gasteiger partial charge is 0.408 e. The fraction of sp³-hybridized carbons (Fsp3) is 0.464. The SMILES string of the molecule is CCc1ccc(C(C(=O)NCc2ccccc2)N(C(=O)C(CO)NC(=O)OC(C)(C)C)C2CC2)cc1. The van der Waals surface area contributed by atoms with Crippen LogP contribution in [0.3, 0.4) is 0 Å². The number of carbonyl (C=O) groups is 3. The number of aliphatic hydroxyl groups excluding tert-OH is 1. The number of ether oxygens (including phenoxy) is 1. The molecule has 2 aromatic carbocycles. The Kier molecular flexibility index (Phi) is 9.09. The Hall–Kier alpha value is -3.39. The summed E-state index contributed by atoms with van der Waals surface area (Å²) in [7, 11) is 0. The number of alkyl carbamates (subject to hydrolysis) is 1. The number of carbonyl (C=O) groups excluding carboxylic acids is 3. The molecular formula is C28H37N3O5. The lowest BCUT2D eigenvalue weighted by Crippen LogP contribution is -2.55. The van der Waals surface area contributed by atoms with Crippen LogP contribution in [0.15, 0.2) is 54.6 Å². The standard InChI is InChI=1S/C28H37N3O5/c1-5-19-11-13-21(14-12-19)24(25(33)29-17-20-9-7-6-8-10-20)31(22-15-16-22)26(34)23(18-32)30-27(35)36-28(2,3)4/h6-14,22-24,32H,5,15-18H2,1-4H3,(H,29,33)(H,30,35). The first kappa shape index (κ1) is 27.2. The van der Waals surface area contributed by atoms with Crippen LogP contribution >= 0.6 is 0 Å². The molecule has 0 spiro atoms. The van der Waals surface area contributed by atoms with Gasteiger partial charge in [-0.05, 0) is 56.7 Å². The first-order valence-corrected chi connectivity index (χ1v) is 12.5. The Morgan fingerprint density at radius 1 is 1.03 bits per heavy atom. The fourth-order valence-corrected chi connectivity index (χ4v) is 3.94. The Bertz CT molecular complexity index is 1030. The monoisotopic (exact) mass is 495 g/mol. The molecule has 1 aliphatic carbocycles. The first-order chi connectivity index (χ1) is 17.1. The largest absolute Gasteiger partial charge is 0.444 e. The highest BCUT2D eigenvalue weighted by Crippen LogP contribution is 2.35. The minimum atomic E-state index is -1.24. The summed E-state index contributed by atoms with van der Waals surface area (Å²) in [4.78, 5) is 41.1. The average Bonchev–Trinajstić information content (AvgIpc) is 3.69. The summed E-state index contributed by atoms with van der Waals surface area (Å²) < 4.78 is 5.27. The zero-order chi connectivity index (χ0) is 26.3. The maximum absolute atomic E-state index is 13.7. The van der Waals surface area contributed by atoms with Gasteiger partial charge in [0.05, 0.1) is 6.61 Å². The highest BCUT2D eigenvalue weighted by molar-refractivity contribution is 5.92. The molecule has 0 saturated heterocycles. The number of benzene rings is 2. The molecule has 1 saturated carbocycles. The molecule has 8 nitrogen and oxygen atoms in total. The van der Waals surface area contributed by atoms with Crippen LogP contribution < -0.4 is 10.6 Å². The Balaban J connectivity index is 1.88. The summed E-state index contributed by atoms with van der Waals surface area (Å²) >= 11 is 0. The van der Waals surface area contributed by atoms with Crippen molar-refractivity contribution in [3.8, 4) is 0 Å². The van der Waals surface area contributed by atoms with Crippen molar-refractivity contribution >= 4 is 17.9 Å². The van der Waals surface area contributed by atoms with Crippen LogP contribution in [-0.2, 0) is 27.3 Å². The molecule has 1 fully saturated rings. The molecule has 0 aliphatic heterocycles. The molecule has 0 bridgehead atoms. The maximum atomic E-state index is 13.7. The molecule has 8 heteroatoms. The summed E-state index contributed by atoms with van der Waals surface area (Å²) in [5.41, 5.74) is 1.97. The molecule has 3 rings (SSSR count). The molecule has 0 aromatic heterocycles. The molecule has 0 heterocycles. The van der Waals surface area contributed by atoms with Gasteiger partial charge in [-0.2, -0.15) is 0 Å². The van der Waals surface area contributed by atoms with Crippen molar-refractivity contribution in [1.82, 2.24) is 15.5 Å². The van der Waals surface area contributed by atoms with Crippen molar-refractivity contribution in [1.29, 1.82) is 0 Å². The second-order valence-corrected chi connectivity index (χ2v) is 10.1. The third-order valence-electron chi connectivity index (χ3n) is 5.91. The third kappa shape index (κ3) is 7.55. The Morgan fingerprint density at radius 3 is 2.19 bits per heavy atom. The van der Waals surface area contributed by atoms with E-state index in [0.29, 0.717) is 12.1 Å². The second-order valence-electron chi connectivity index (χ2n) is 10.1. The van der Waals surface area contributed by atoms with Gasteiger partial charge in [-0.1, -0.05) is 61.5 Å². The number of nitrogens with one attached hydrogen (secondary N) is 2. The van der Waals surface area contributed by atoms with Gasteiger partial charge in [0.15, 0.2) is 0 Å². The van der Waals surface area contributed by atoms with Crippen molar-refractivity contribution in [2.75, 3.05) is 6.61 Å². The first-order valence-electron chi connectivity index (χ1n) is 12.5. The molecule has 2 atom stereocenters. The number of hydrogen-bond acceptors (Lipinski definition) is 5. The predicted molar refractivity (Wildman–Crippen MR) is 137 cm³/mol. The normalized spacial score (nSPS) is 14.9. The number of aliphatic hydroxyl groups is 1. The summed E-state index contributed by atoms with van der Waals surface area (Å²) in [5.74, 6) is -0.845. The van der Waals surface area contributed by atoms with Gasteiger partial charge in [0.2, 0.25) is 11.8 Å². The lowest BCUT2D eigenvalue weighted by atomic mass is 10.00. The number of amides is 3. The van der Waals surface area contributed by atoms with Crippen LogP contribution in [0, 0.1) is 0 Å². The van der Waals surface area contributed by atoms with E-state index in [-0.39, 0.29) is 11.9 Å². The quantitative estimate of drug-likeness (QED) is 0.468. The molecular weight excluding hydrogens is 458 g/mol. The zero-order valence-corrected chi connectivity index (χ0v) is 21.5. The predicted octanol–water partition coefficient (Wildman–Crippen LogP) is 3.48. The van der Waals surface area contributed by atoms with Gasteiger partial charge < -0.3 is 25.4 Å². The molecule has 1 aliphatic rings. The summed E-state index contributed by atoms with van der Waals surface area (Å²) in [6.07, 6.45) is 1.53. The molecule has 0 radical (unpaired) electrons. The highest BCUT2D eigenvalue weighted by atomic mass is 16.6. The van der Waals surface area contributed by atoms with Crippen molar-refractivity contribution in [3.63, 3.8) is 0 Å². The van der Waals surface area contributed by atoms with E-state index in [1.165, 1.54) is 4.90 Å². The Morgan fingerprint density at radius 2 is 1.67 bits per heavy atom. The van der Waals surface area contributed by atoms with Gasteiger partial charge in [0, 0.05) is 12.6 Å². The van der Waals surface area contributed by atoms with E-state index in [2.05, 4.69) is 10.6 Å². The zero-order valence-electron chi connectivity index (χ0n) is 21.5. The van der Waals surface area contributed by atoms with Crippen LogP contribution in [0.2, 0.25) is 0 Å². The van der Waals surface area contributed by atoms with Crippen molar-refractivity contribution in [2.24, 2.45) is 0 Å². The van der Waals surface area contributed by atoms with Crippen molar-refractivity contribution in [3.05, 3.63) is 71.3 Å². The number of aryl methyl sites for hydroxylation is 1. The van der Waals surface area contributed by atoms with Gasteiger partial charge in [-0.25, -0.2) is 4.79 Å². The van der Waals surface area contributed by atoms with E-state index < -0.39 is 36.3 Å². The lowest BCUT2D eigenvalue weighted by molar-refractivity contribution is -0.144. The van der Waals surface area contributed by atoms with Crippen LogP contribution in [0.4, 0.5) is 4.79 Å². The van der Waals surface area contributed by atoms with Crippen molar-refractivity contribution < 1.29 is 24.2 Å². The number of hydrogen-bond donors (Lipinski definition) is 3. The second kappa shape index (κ2) is 12.0.